The Morgan fingerprint density at radius 1 is 0.844 bits per heavy atom. The van der Waals surface area contributed by atoms with E-state index in [1.165, 1.54) is 6.20 Å². The molecule has 0 radical (unpaired) electrons. The maximum atomic E-state index is 13.8. The molecule has 0 saturated heterocycles. The first-order valence-electron chi connectivity index (χ1n) is 10.7. The van der Waals surface area contributed by atoms with E-state index in [1.54, 1.807) is 36.4 Å². The van der Waals surface area contributed by atoms with Crippen molar-refractivity contribution in [3.05, 3.63) is 101 Å². The van der Waals surface area contributed by atoms with Gasteiger partial charge in [-0.05, 0) is 55.2 Å². The van der Waals surface area contributed by atoms with Crippen molar-refractivity contribution in [1.29, 1.82) is 0 Å². The predicted octanol–water partition coefficient (Wildman–Crippen LogP) is 5.73. The van der Waals surface area contributed by atoms with Gasteiger partial charge in [0.1, 0.15) is 0 Å². The van der Waals surface area contributed by atoms with Crippen LogP contribution < -0.4 is 0 Å². The van der Waals surface area contributed by atoms with E-state index >= 15 is 0 Å². The van der Waals surface area contributed by atoms with Crippen LogP contribution in [0.4, 0.5) is 0 Å². The number of ketones is 1. The maximum Gasteiger partial charge on any atom is 0.208 e. The molecule has 5 heteroatoms. The van der Waals surface area contributed by atoms with Crippen molar-refractivity contribution in [1.82, 2.24) is 4.98 Å². The molecule has 32 heavy (non-hydrogen) atoms. The first kappa shape index (κ1) is 21.9. The second-order valence-corrected chi connectivity index (χ2v) is 9.79. The molecule has 4 nitrogen and oxygen atoms in total. The average Bonchev–Trinajstić information content (AvgIpc) is 2.82. The predicted molar refractivity (Wildman–Crippen MR) is 127 cm³/mol. The number of aromatic nitrogens is 1. The lowest BCUT2D eigenvalue weighted by Gasteiger charge is -2.14. The maximum absolute atomic E-state index is 13.8. The number of benzene rings is 3. The highest BCUT2D eigenvalue weighted by atomic mass is 32.2. The van der Waals surface area contributed by atoms with Gasteiger partial charge >= 0.3 is 0 Å². The number of carbonyl (C=O) groups is 1. The zero-order valence-corrected chi connectivity index (χ0v) is 19.2. The summed E-state index contributed by atoms with van der Waals surface area (Å²) in [5.74, 6) is -0.354. The van der Waals surface area contributed by atoms with E-state index in [4.69, 9.17) is 0 Å². The van der Waals surface area contributed by atoms with E-state index < -0.39 is 9.84 Å². The molecule has 162 valence electrons. The largest absolute Gasteiger partial charge is 0.289 e. The number of hydrogen-bond donors (Lipinski definition) is 0. The molecule has 1 heterocycles. The number of rotatable bonds is 6. The number of nitrogens with zero attached hydrogens (tertiary/aromatic N) is 1. The van der Waals surface area contributed by atoms with E-state index in [2.05, 4.69) is 4.98 Å². The van der Waals surface area contributed by atoms with Crippen molar-refractivity contribution in [2.75, 3.05) is 0 Å². The molecule has 0 amide bonds. The van der Waals surface area contributed by atoms with Gasteiger partial charge in [0.2, 0.25) is 9.84 Å². The van der Waals surface area contributed by atoms with Crippen molar-refractivity contribution in [2.45, 2.75) is 43.4 Å². The van der Waals surface area contributed by atoms with Gasteiger partial charge in [0.05, 0.1) is 20.9 Å². The molecule has 0 aliphatic carbocycles. The number of pyridine rings is 1. The lowest BCUT2D eigenvalue weighted by atomic mass is 10.0. The van der Waals surface area contributed by atoms with Crippen LogP contribution in [0.3, 0.4) is 0 Å². The van der Waals surface area contributed by atoms with Crippen molar-refractivity contribution in [2.24, 2.45) is 0 Å². The Balaban J connectivity index is 1.97. The highest BCUT2D eigenvalue weighted by molar-refractivity contribution is 7.91. The van der Waals surface area contributed by atoms with Crippen molar-refractivity contribution in [3.63, 3.8) is 0 Å². The smallest absolute Gasteiger partial charge is 0.208 e. The second kappa shape index (κ2) is 8.67. The Bertz CT molecular complexity index is 1400. The van der Waals surface area contributed by atoms with Gasteiger partial charge in [0.25, 0.3) is 0 Å². The van der Waals surface area contributed by atoms with Crippen LogP contribution in [0, 0.1) is 6.92 Å². The molecule has 0 spiro atoms. The van der Waals surface area contributed by atoms with Crippen LogP contribution in [0.15, 0.2) is 82.7 Å². The molecule has 0 fully saturated rings. The third kappa shape index (κ3) is 3.96. The molecule has 0 aliphatic heterocycles. The molecule has 4 rings (SSSR count). The van der Waals surface area contributed by atoms with Gasteiger partial charge in [-0.1, -0.05) is 61.9 Å². The molecule has 0 bridgehead atoms. The standard InChI is InChI=1S/C27H25NO3S/c1-4-19-7-11-21(12-8-19)26(29)24-17-28-25-15-6-18(3)16-23(25)27(24)32(30,31)22-13-9-20(5-2)10-14-22/h6-17H,4-5H2,1-3H3. The van der Waals surface area contributed by atoms with Gasteiger partial charge in [-0.3, -0.25) is 9.78 Å². The number of carbonyl (C=O) groups excluding carboxylic acids is 1. The number of hydrogen-bond acceptors (Lipinski definition) is 4. The third-order valence-corrected chi connectivity index (χ3v) is 7.62. The molecule has 3 aromatic carbocycles. The molecule has 0 unspecified atom stereocenters. The van der Waals surface area contributed by atoms with Gasteiger partial charge < -0.3 is 0 Å². The summed E-state index contributed by atoms with van der Waals surface area (Å²) in [6.45, 7) is 5.95. The van der Waals surface area contributed by atoms with Crippen molar-refractivity contribution in [3.8, 4) is 0 Å². The quantitative estimate of drug-likeness (QED) is 0.357. The summed E-state index contributed by atoms with van der Waals surface area (Å²) in [6, 6.07) is 19.6. The Kier molecular flexibility index (Phi) is 5.94. The van der Waals surface area contributed by atoms with Crippen LogP contribution in [-0.4, -0.2) is 19.2 Å². The molecule has 4 aromatic rings. The second-order valence-electron chi connectivity index (χ2n) is 7.90. The first-order chi connectivity index (χ1) is 15.3. The van der Waals surface area contributed by atoms with Crippen LogP contribution >= 0.6 is 0 Å². The minimum Gasteiger partial charge on any atom is -0.289 e. The van der Waals surface area contributed by atoms with Gasteiger partial charge in [-0.25, -0.2) is 8.42 Å². The fraction of sp³-hybridized carbons (Fsp3) is 0.185. The molecule has 0 N–H and O–H groups in total. The van der Waals surface area contributed by atoms with Crippen LogP contribution in [-0.2, 0) is 22.7 Å². The van der Waals surface area contributed by atoms with Crippen molar-refractivity contribution >= 4 is 26.5 Å². The minimum absolute atomic E-state index is 0.0139. The van der Waals surface area contributed by atoms with Crippen LogP contribution in [0.1, 0.15) is 46.5 Å². The highest BCUT2D eigenvalue weighted by Gasteiger charge is 2.28. The molecule has 0 aliphatic rings. The highest BCUT2D eigenvalue weighted by Crippen LogP contribution is 2.32. The summed E-state index contributed by atoms with van der Waals surface area (Å²) >= 11 is 0. The lowest BCUT2D eigenvalue weighted by molar-refractivity contribution is 0.103. The third-order valence-electron chi connectivity index (χ3n) is 5.75. The van der Waals surface area contributed by atoms with Crippen LogP contribution in [0.5, 0.6) is 0 Å². The van der Waals surface area contributed by atoms with Gasteiger partial charge in [-0.2, -0.15) is 0 Å². The van der Waals surface area contributed by atoms with E-state index in [0.29, 0.717) is 16.5 Å². The Morgan fingerprint density at radius 2 is 1.44 bits per heavy atom. The fourth-order valence-electron chi connectivity index (χ4n) is 3.80. The summed E-state index contributed by atoms with van der Waals surface area (Å²) in [4.78, 5) is 18.1. The summed E-state index contributed by atoms with van der Waals surface area (Å²) in [5.41, 5.74) is 4.12. The number of sulfone groups is 1. The molecule has 1 aromatic heterocycles. The zero-order chi connectivity index (χ0) is 22.9. The molecule has 0 saturated carbocycles. The van der Waals surface area contributed by atoms with Gasteiger partial charge in [0, 0.05) is 17.1 Å². The normalized spacial score (nSPS) is 11.6. The Morgan fingerprint density at radius 3 is 2.03 bits per heavy atom. The molecular formula is C27H25NO3S. The van der Waals surface area contributed by atoms with E-state index in [-0.39, 0.29) is 21.1 Å². The first-order valence-corrected chi connectivity index (χ1v) is 12.2. The van der Waals surface area contributed by atoms with E-state index in [9.17, 15) is 13.2 Å². The monoisotopic (exact) mass is 443 g/mol. The average molecular weight is 444 g/mol. The van der Waals surface area contributed by atoms with Crippen molar-refractivity contribution < 1.29 is 13.2 Å². The fourth-order valence-corrected chi connectivity index (χ4v) is 5.42. The summed E-state index contributed by atoms with van der Waals surface area (Å²) in [5, 5.41) is 0.459. The Hall–Kier alpha value is -3.31. The van der Waals surface area contributed by atoms with Crippen LogP contribution in [0.25, 0.3) is 10.9 Å². The topological polar surface area (TPSA) is 64.1 Å². The number of aryl methyl sites for hydroxylation is 3. The lowest BCUT2D eigenvalue weighted by Crippen LogP contribution is -2.13. The van der Waals surface area contributed by atoms with E-state index in [1.807, 2.05) is 51.1 Å². The summed E-state index contributed by atoms with van der Waals surface area (Å²) < 4.78 is 27.7. The zero-order valence-electron chi connectivity index (χ0n) is 18.4. The van der Waals surface area contributed by atoms with Gasteiger partial charge in [0.15, 0.2) is 5.78 Å². The molecular weight excluding hydrogens is 418 g/mol. The van der Waals surface area contributed by atoms with Gasteiger partial charge in [-0.15, -0.1) is 0 Å². The number of fused-ring (bicyclic) bond motifs is 1. The van der Waals surface area contributed by atoms with E-state index in [0.717, 1.165) is 29.5 Å². The SMILES string of the molecule is CCc1ccc(C(=O)c2cnc3ccc(C)cc3c2S(=O)(=O)c2ccc(CC)cc2)cc1. The summed E-state index contributed by atoms with van der Waals surface area (Å²) in [7, 11) is -3.96. The Labute approximate surface area is 188 Å². The van der Waals surface area contributed by atoms with Crippen LogP contribution in [0.2, 0.25) is 0 Å². The molecule has 0 atom stereocenters. The summed E-state index contributed by atoms with van der Waals surface area (Å²) in [6.07, 6.45) is 3.06. The minimum atomic E-state index is -3.96.